The van der Waals surface area contributed by atoms with Crippen LogP contribution in [0.4, 0.5) is 5.69 Å². The monoisotopic (exact) mass is 587 g/mol. The number of aliphatic hydroxyl groups excluding tert-OH is 3. The van der Waals surface area contributed by atoms with Crippen LogP contribution in [0, 0.1) is 11.8 Å². The Kier molecular flexibility index (Phi) is 8.15. The number of carbonyl (C=O) groups excluding carboxylic acids is 4. The highest BCUT2D eigenvalue weighted by atomic mass is 16.5. The zero-order valence-corrected chi connectivity index (χ0v) is 24.0. The van der Waals surface area contributed by atoms with Crippen molar-refractivity contribution in [1.29, 1.82) is 0 Å². The van der Waals surface area contributed by atoms with Gasteiger partial charge in [0.1, 0.15) is 28.9 Å². The number of primary amides is 1. The number of aromatic hydroxyl groups is 1. The molecule has 0 heterocycles. The summed E-state index contributed by atoms with van der Waals surface area (Å²) in [5.41, 5.74) is 1.11. The highest BCUT2D eigenvalue weighted by molar-refractivity contribution is 6.24. The van der Waals surface area contributed by atoms with Gasteiger partial charge in [-0.25, -0.2) is 4.79 Å². The molecule has 0 aliphatic heterocycles. The molecule has 13 nitrogen and oxygen atoms in total. The molecule has 1 aromatic rings. The first-order valence-electron chi connectivity index (χ1n) is 13.8. The van der Waals surface area contributed by atoms with E-state index in [2.05, 4.69) is 5.32 Å². The topological polar surface area (TPSA) is 220 Å². The molecule has 1 saturated carbocycles. The van der Waals surface area contributed by atoms with Crippen molar-refractivity contribution in [1.82, 2.24) is 4.90 Å². The van der Waals surface area contributed by atoms with Crippen molar-refractivity contribution < 1.29 is 49.4 Å². The summed E-state index contributed by atoms with van der Waals surface area (Å²) in [6, 6.07) is 0.819. The van der Waals surface area contributed by atoms with Gasteiger partial charge in [0.25, 0.3) is 5.91 Å². The molecule has 1 fully saturated rings. The van der Waals surface area contributed by atoms with Crippen LogP contribution in [0.1, 0.15) is 50.7 Å². The fourth-order valence-electron chi connectivity index (χ4n) is 6.70. The maximum Gasteiger partial charge on any atom is 0.328 e. The lowest BCUT2D eigenvalue weighted by Crippen LogP contribution is -2.70. The SMILES string of the molecule is CCCC(Nc1ccc2c(c1O)C(O)=C1C(=O)[C@@]3(O)C(O)=C(C(N)=O)C(=O)[C@@H](N(C)C)[C@@H]3[C@H](O)[C@@H]1[C@@H]2C)C(=O)OCC. The third-order valence-electron chi connectivity index (χ3n) is 8.61. The average molecular weight is 588 g/mol. The molecule has 0 bridgehead atoms. The van der Waals surface area contributed by atoms with Gasteiger partial charge in [-0.3, -0.25) is 19.3 Å². The number of nitrogens with zero attached hydrogens (tertiary/aromatic N) is 1. The maximum absolute atomic E-state index is 14.1. The highest BCUT2D eigenvalue weighted by Crippen LogP contribution is 2.56. The Hall–Kier alpha value is -3.94. The summed E-state index contributed by atoms with van der Waals surface area (Å²) in [5.74, 6) is -10.2. The van der Waals surface area contributed by atoms with E-state index in [9.17, 15) is 44.7 Å². The lowest BCUT2D eigenvalue weighted by Gasteiger charge is -2.53. The van der Waals surface area contributed by atoms with E-state index in [1.165, 1.54) is 25.1 Å². The predicted molar refractivity (Wildman–Crippen MR) is 149 cm³/mol. The molecular formula is C29H37N3O10. The van der Waals surface area contributed by atoms with Crippen LogP contribution in [-0.2, 0) is 23.9 Å². The first-order valence-corrected chi connectivity index (χ1v) is 13.8. The largest absolute Gasteiger partial charge is 0.508 e. The number of ketones is 2. The Morgan fingerprint density at radius 2 is 1.81 bits per heavy atom. The van der Waals surface area contributed by atoms with Crippen molar-refractivity contribution >= 4 is 34.9 Å². The third kappa shape index (κ3) is 4.34. The zero-order chi connectivity index (χ0) is 31.4. The molecule has 0 radical (unpaired) electrons. The first kappa shape index (κ1) is 31.0. The van der Waals surface area contributed by atoms with Crippen LogP contribution in [0.15, 0.2) is 29.0 Å². The first-order chi connectivity index (χ1) is 19.7. The van der Waals surface area contributed by atoms with Crippen molar-refractivity contribution in [2.45, 2.75) is 63.3 Å². The molecule has 8 N–H and O–H groups in total. The van der Waals surface area contributed by atoms with Gasteiger partial charge in [0.2, 0.25) is 5.78 Å². The number of carbonyl (C=O) groups is 4. The second kappa shape index (κ2) is 11.0. The van der Waals surface area contributed by atoms with E-state index in [4.69, 9.17) is 10.5 Å². The van der Waals surface area contributed by atoms with E-state index in [0.717, 1.165) is 0 Å². The number of aliphatic hydroxyl groups is 4. The van der Waals surface area contributed by atoms with Gasteiger partial charge in [-0.05, 0) is 45.0 Å². The average Bonchev–Trinajstić information content (AvgIpc) is 2.91. The van der Waals surface area contributed by atoms with Crippen LogP contribution in [0.25, 0.3) is 5.76 Å². The number of nitrogens with two attached hydrogens (primary N) is 1. The summed E-state index contributed by atoms with van der Waals surface area (Å²) in [7, 11) is 2.89. The Bertz CT molecular complexity index is 1420. The van der Waals surface area contributed by atoms with Crippen LogP contribution in [0.2, 0.25) is 0 Å². The zero-order valence-electron chi connectivity index (χ0n) is 24.0. The second-order valence-corrected chi connectivity index (χ2v) is 11.2. The molecule has 3 aliphatic rings. The van der Waals surface area contributed by atoms with Gasteiger partial charge >= 0.3 is 5.97 Å². The fourth-order valence-corrected chi connectivity index (χ4v) is 6.70. The lowest BCUT2D eigenvalue weighted by molar-refractivity contribution is -0.169. The molecule has 1 amide bonds. The number of anilines is 1. The van der Waals surface area contributed by atoms with Gasteiger partial charge in [0.15, 0.2) is 11.4 Å². The Morgan fingerprint density at radius 3 is 2.36 bits per heavy atom. The van der Waals surface area contributed by atoms with Gasteiger partial charge in [0, 0.05) is 11.5 Å². The minimum Gasteiger partial charge on any atom is -0.508 e. The molecule has 42 heavy (non-hydrogen) atoms. The van der Waals surface area contributed by atoms with E-state index in [0.29, 0.717) is 18.4 Å². The minimum atomic E-state index is -2.99. The van der Waals surface area contributed by atoms with Gasteiger partial charge in [-0.2, -0.15) is 0 Å². The lowest BCUT2D eigenvalue weighted by atomic mass is 9.54. The number of ether oxygens (including phenoxy) is 1. The normalized spacial score (nSPS) is 29.6. The Labute approximate surface area is 242 Å². The smallest absolute Gasteiger partial charge is 0.328 e. The van der Waals surface area contributed by atoms with E-state index < -0.39 is 93.4 Å². The number of nitrogens with one attached hydrogen (secondary N) is 1. The standard InChI is InChI=1S/C29H37N3O10/c1-6-8-14(28(40)42-7-2)31-13-10-9-12-11(3)15-17(22(34)16(12)21(13)33)25(37)29(41)19(23(15)35)20(32(4)5)24(36)18(26(29)38)27(30)39/h9-11,14-15,19-20,23,31,33-35,38,41H,6-8H2,1-5H3,(H2,30,39)/t11-,14?,15-,19-,20+,23-,29-/m1/s1. The fraction of sp³-hybridized carbons (Fsp3) is 0.517. The van der Waals surface area contributed by atoms with Gasteiger partial charge in [0.05, 0.1) is 35.9 Å². The van der Waals surface area contributed by atoms with Crippen LogP contribution in [0.3, 0.4) is 0 Å². The number of likely N-dealkylation sites (N-methyl/N-ethyl adjacent to an activating group) is 1. The summed E-state index contributed by atoms with van der Waals surface area (Å²) in [4.78, 5) is 53.3. The van der Waals surface area contributed by atoms with E-state index in [-0.39, 0.29) is 17.9 Å². The predicted octanol–water partition coefficient (Wildman–Crippen LogP) is 0.640. The summed E-state index contributed by atoms with van der Waals surface area (Å²) in [5, 5.41) is 60.1. The van der Waals surface area contributed by atoms with E-state index >= 15 is 0 Å². The van der Waals surface area contributed by atoms with Crippen LogP contribution >= 0.6 is 0 Å². The maximum atomic E-state index is 14.1. The second-order valence-electron chi connectivity index (χ2n) is 11.2. The van der Waals surface area contributed by atoms with Gasteiger partial charge < -0.3 is 41.3 Å². The number of esters is 1. The molecule has 0 aromatic heterocycles. The van der Waals surface area contributed by atoms with E-state index in [1.54, 1.807) is 19.9 Å². The number of hydrogen-bond acceptors (Lipinski definition) is 12. The number of fused-ring (bicyclic) bond motifs is 3. The number of phenolic OH excluding ortho intramolecular Hbond substituents is 1. The summed E-state index contributed by atoms with van der Waals surface area (Å²) >= 11 is 0. The van der Waals surface area contributed by atoms with Crippen LogP contribution < -0.4 is 11.1 Å². The van der Waals surface area contributed by atoms with Crippen LogP contribution in [-0.4, -0.2) is 98.4 Å². The third-order valence-corrected chi connectivity index (χ3v) is 8.61. The molecular weight excluding hydrogens is 550 g/mol. The number of Topliss-reactive ketones (excluding diaryl/α,β-unsaturated/α-hetero) is 2. The number of phenols is 1. The summed E-state index contributed by atoms with van der Waals surface area (Å²) in [6.07, 6.45) is -0.693. The number of hydrogen-bond donors (Lipinski definition) is 7. The van der Waals surface area contributed by atoms with Crippen LogP contribution in [0.5, 0.6) is 5.75 Å². The van der Waals surface area contributed by atoms with Crippen molar-refractivity contribution in [3.05, 3.63) is 40.2 Å². The summed E-state index contributed by atoms with van der Waals surface area (Å²) in [6.45, 7) is 5.32. The molecule has 0 saturated heterocycles. The quantitative estimate of drug-likeness (QED) is 0.127. The Balaban J connectivity index is 1.92. The van der Waals surface area contributed by atoms with Crippen molar-refractivity contribution in [2.75, 3.05) is 26.0 Å². The molecule has 7 atom stereocenters. The highest BCUT2D eigenvalue weighted by Gasteiger charge is 2.68. The number of rotatable bonds is 8. The molecule has 3 aliphatic carbocycles. The number of benzene rings is 1. The molecule has 4 rings (SSSR count). The van der Waals surface area contributed by atoms with Crippen molar-refractivity contribution in [3.8, 4) is 5.75 Å². The Morgan fingerprint density at radius 1 is 1.17 bits per heavy atom. The molecule has 0 spiro atoms. The molecule has 1 aromatic carbocycles. The summed E-state index contributed by atoms with van der Waals surface area (Å²) < 4.78 is 5.12. The minimum absolute atomic E-state index is 0.0631. The molecule has 228 valence electrons. The van der Waals surface area contributed by atoms with Crippen molar-refractivity contribution in [2.24, 2.45) is 17.6 Å². The van der Waals surface area contributed by atoms with Gasteiger partial charge in [-0.1, -0.05) is 26.3 Å². The number of amides is 1. The molecule has 13 heteroatoms. The van der Waals surface area contributed by atoms with Crippen molar-refractivity contribution in [3.63, 3.8) is 0 Å². The van der Waals surface area contributed by atoms with Gasteiger partial charge in [-0.15, -0.1) is 0 Å². The molecule has 1 unspecified atom stereocenters. The van der Waals surface area contributed by atoms with E-state index in [1.807, 2.05) is 6.92 Å².